The summed E-state index contributed by atoms with van der Waals surface area (Å²) in [6, 6.07) is 2.52. The van der Waals surface area contributed by atoms with Crippen molar-refractivity contribution in [1.82, 2.24) is 9.61 Å². The minimum Gasteiger partial charge on any atom is -0.358 e. The van der Waals surface area contributed by atoms with E-state index in [-0.39, 0.29) is 17.0 Å². The van der Waals surface area contributed by atoms with Gasteiger partial charge in [-0.1, -0.05) is 0 Å². The molecule has 0 saturated carbocycles. The first-order valence-electron chi connectivity index (χ1n) is 3.90. The number of aromatic nitrogens is 2. The molecule has 15 heavy (non-hydrogen) atoms. The molecule has 0 bridgehead atoms. The maximum atomic E-state index is 11.5. The van der Waals surface area contributed by atoms with Crippen molar-refractivity contribution in [3.8, 4) is 0 Å². The van der Waals surface area contributed by atoms with E-state index in [1.807, 2.05) is 0 Å². The quantitative estimate of drug-likeness (QED) is 0.428. The molecule has 0 aliphatic carbocycles. The third-order valence-corrected chi connectivity index (χ3v) is 1.96. The zero-order chi connectivity index (χ0) is 11.0. The zero-order valence-corrected chi connectivity index (χ0v) is 7.30. The Labute approximate surface area is 82.5 Å². The fourth-order valence-electron chi connectivity index (χ4n) is 1.29. The minimum absolute atomic E-state index is 0.0875. The van der Waals surface area contributed by atoms with Gasteiger partial charge in [0.2, 0.25) is 5.43 Å². The van der Waals surface area contributed by atoms with Crippen LogP contribution in [0.5, 0.6) is 0 Å². The summed E-state index contributed by atoms with van der Waals surface area (Å²) in [5.41, 5.74) is -0.512. The lowest BCUT2D eigenvalue weighted by Gasteiger charge is -1.94. The fourth-order valence-corrected chi connectivity index (χ4v) is 1.29. The van der Waals surface area contributed by atoms with Crippen LogP contribution in [0.2, 0.25) is 0 Å². The largest absolute Gasteiger partial charge is 0.358 e. The number of nitrogens with one attached hydrogen (secondary N) is 1. The SMILES string of the molecule is [C-]#[N+]c1c[nH]n2c([N+](=O)[O-])ccc2c1=O. The summed E-state index contributed by atoms with van der Waals surface area (Å²) in [6.07, 6.45) is 1.15. The van der Waals surface area contributed by atoms with Gasteiger partial charge in [0.05, 0.1) is 6.57 Å². The van der Waals surface area contributed by atoms with E-state index in [1.54, 1.807) is 0 Å². The Balaban J connectivity index is 2.89. The molecule has 0 atom stereocenters. The number of rotatable bonds is 1. The topological polar surface area (TPSA) is 84.8 Å². The molecule has 74 valence electrons. The van der Waals surface area contributed by atoms with Gasteiger partial charge < -0.3 is 10.1 Å². The fraction of sp³-hybridized carbons (Fsp3) is 0. The number of aromatic amines is 1. The Bertz CT molecular complexity index is 646. The molecule has 0 spiro atoms. The van der Waals surface area contributed by atoms with Crippen molar-refractivity contribution in [1.29, 1.82) is 0 Å². The van der Waals surface area contributed by atoms with Crippen molar-refractivity contribution >= 4 is 17.0 Å². The number of hydrogen-bond donors (Lipinski definition) is 1. The van der Waals surface area contributed by atoms with Gasteiger partial charge in [-0.25, -0.2) is 9.94 Å². The molecule has 0 saturated heterocycles. The molecule has 0 fully saturated rings. The van der Waals surface area contributed by atoms with Crippen LogP contribution in [0.3, 0.4) is 0 Å². The second-order valence-electron chi connectivity index (χ2n) is 2.77. The summed E-state index contributed by atoms with van der Waals surface area (Å²) in [6.45, 7) is 6.71. The first kappa shape index (κ1) is 8.96. The van der Waals surface area contributed by atoms with Gasteiger partial charge in [0, 0.05) is 12.3 Å². The predicted octanol–water partition coefficient (Wildman–Crippen LogP) is 1.09. The standard InChI is InChI=1S/C8H4N4O3/c1-9-5-4-10-11-6(8(5)13)2-3-7(11)12(14)15/h2-4,10H. The number of nitrogens with zero attached hydrogens (tertiary/aromatic N) is 3. The van der Waals surface area contributed by atoms with Gasteiger partial charge in [0.1, 0.15) is 0 Å². The Morgan fingerprint density at radius 1 is 1.53 bits per heavy atom. The molecule has 2 heterocycles. The lowest BCUT2D eigenvalue weighted by molar-refractivity contribution is -0.390. The van der Waals surface area contributed by atoms with Crippen LogP contribution in [0.1, 0.15) is 0 Å². The van der Waals surface area contributed by atoms with Crippen molar-refractivity contribution in [2.45, 2.75) is 0 Å². The summed E-state index contributed by atoms with van der Waals surface area (Å²) in [4.78, 5) is 24.4. The van der Waals surface area contributed by atoms with Crippen molar-refractivity contribution < 1.29 is 4.92 Å². The first-order chi connectivity index (χ1) is 7.15. The highest BCUT2D eigenvalue weighted by Crippen LogP contribution is 2.15. The van der Waals surface area contributed by atoms with E-state index in [9.17, 15) is 14.9 Å². The maximum Gasteiger partial charge on any atom is 0.346 e. The van der Waals surface area contributed by atoms with Crippen LogP contribution < -0.4 is 5.43 Å². The van der Waals surface area contributed by atoms with Crippen LogP contribution in [-0.2, 0) is 0 Å². The molecule has 7 nitrogen and oxygen atoms in total. The summed E-state index contributed by atoms with van der Waals surface area (Å²) >= 11 is 0. The Morgan fingerprint density at radius 3 is 2.87 bits per heavy atom. The van der Waals surface area contributed by atoms with E-state index in [4.69, 9.17) is 6.57 Å². The van der Waals surface area contributed by atoms with Crippen LogP contribution in [0.15, 0.2) is 23.1 Å². The third kappa shape index (κ3) is 1.16. The second kappa shape index (κ2) is 2.95. The highest BCUT2D eigenvalue weighted by molar-refractivity contribution is 5.60. The van der Waals surface area contributed by atoms with Gasteiger partial charge in [0.15, 0.2) is 5.52 Å². The smallest absolute Gasteiger partial charge is 0.346 e. The van der Waals surface area contributed by atoms with Gasteiger partial charge in [-0.05, 0) is 11.0 Å². The molecule has 2 rings (SSSR count). The van der Waals surface area contributed by atoms with E-state index >= 15 is 0 Å². The lowest BCUT2D eigenvalue weighted by Crippen LogP contribution is -2.07. The van der Waals surface area contributed by atoms with Crippen molar-refractivity contribution in [2.75, 3.05) is 0 Å². The van der Waals surface area contributed by atoms with Crippen LogP contribution >= 0.6 is 0 Å². The molecular formula is C8H4N4O3. The van der Waals surface area contributed by atoms with E-state index < -0.39 is 10.4 Å². The molecule has 0 aliphatic heterocycles. The normalized spacial score (nSPS) is 10.1. The molecule has 0 amide bonds. The summed E-state index contributed by atoms with van der Waals surface area (Å²) < 4.78 is 1.04. The average molecular weight is 204 g/mol. The Morgan fingerprint density at radius 2 is 2.27 bits per heavy atom. The first-order valence-corrected chi connectivity index (χ1v) is 3.90. The van der Waals surface area contributed by atoms with Gasteiger partial charge in [0.25, 0.3) is 5.69 Å². The van der Waals surface area contributed by atoms with Crippen LogP contribution in [-0.4, -0.2) is 14.5 Å². The van der Waals surface area contributed by atoms with Crippen LogP contribution in [0, 0.1) is 16.7 Å². The number of fused-ring (bicyclic) bond motifs is 1. The zero-order valence-electron chi connectivity index (χ0n) is 7.30. The number of nitro groups is 1. The van der Waals surface area contributed by atoms with E-state index in [2.05, 4.69) is 9.94 Å². The van der Waals surface area contributed by atoms with E-state index in [0.29, 0.717) is 0 Å². The van der Waals surface area contributed by atoms with Gasteiger partial charge in [-0.15, -0.1) is 4.52 Å². The summed E-state index contributed by atoms with van der Waals surface area (Å²) in [5.74, 6) is -0.237. The molecule has 1 N–H and O–H groups in total. The van der Waals surface area contributed by atoms with Gasteiger partial charge in [-0.3, -0.25) is 4.79 Å². The lowest BCUT2D eigenvalue weighted by atomic mass is 10.4. The molecule has 2 aromatic heterocycles. The van der Waals surface area contributed by atoms with Crippen molar-refractivity contribution in [2.24, 2.45) is 0 Å². The van der Waals surface area contributed by atoms with Crippen molar-refractivity contribution in [3.05, 3.63) is 50.1 Å². The van der Waals surface area contributed by atoms with Crippen molar-refractivity contribution in [3.63, 3.8) is 0 Å². The number of H-pyrrole nitrogens is 1. The molecule has 0 unspecified atom stereocenters. The average Bonchev–Trinajstić information content (AvgIpc) is 2.62. The van der Waals surface area contributed by atoms with Crippen LogP contribution in [0.4, 0.5) is 11.5 Å². The van der Waals surface area contributed by atoms with Gasteiger partial charge >= 0.3 is 5.82 Å². The molecular weight excluding hydrogens is 200 g/mol. The molecule has 7 heteroatoms. The molecule has 0 aromatic carbocycles. The third-order valence-electron chi connectivity index (χ3n) is 1.96. The molecule has 2 aromatic rings. The Hall–Kier alpha value is -2.62. The highest BCUT2D eigenvalue weighted by atomic mass is 16.6. The molecule has 0 aliphatic rings. The highest BCUT2D eigenvalue weighted by Gasteiger charge is 2.16. The number of hydrogen-bond acceptors (Lipinski definition) is 3. The van der Waals surface area contributed by atoms with E-state index in [1.165, 1.54) is 12.1 Å². The summed E-state index contributed by atoms with van der Waals surface area (Å²) in [5, 5.41) is 13.0. The maximum absolute atomic E-state index is 11.5. The minimum atomic E-state index is -0.611. The summed E-state index contributed by atoms with van der Waals surface area (Å²) in [7, 11) is 0. The second-order valence-corrected chi connectivity index (χ2v) is 2.77. The predicted molar refractivity (Wildman–Crippen MR) is 50.9 cm³/mol. The van der Waals surface area contributed by atoms with Gasteiger partial charge in [-0.2, -0.15) is 0 Å². The monoisotopic (exact) mass is 204 g/mol. The Kier molecular flexibility index (Phi) is 1.76. The van der Waals surface area contributed by atoms with E-state index in [0.717, 1.165) is 10.7 Å². The molecule has 0 radical (unpaired) electrons. The van der Waals surface area contributed by atoms with Crippen LogP contribution in [0.25, 0.3) is 10.4 Å².